The third kappa shape index (κ3) is 5.67. The summed E-state index contributed by atoms with van der Waals surface area (Å²) < 4.78 is 0. The van der Waals surface area contributed by atoms with E-state index in [1.165, 1.54) is 69.8 Å². The van der Waals surface area contributed by atoms with Crippen LogP contribution >= 0.6 is 0 Å². The van der Waals surface area contributed by atoms with Gasteiger partial charge in [-0.05, 0) is 23.8 Å². The second-order valence-electron chi connectivity index (χ2n) is 8.07. The average molecular weight is 397 g/mol. The van der Waals surface area contributed by atoms with E-state index in [1.807, 2.05) is 12.1 Å². The number of rotatable bonds is 4. The Kier molecular flexibility index (Phi) is 8.46. The third-order valence-electron chi connectivity index (χ3n) is 6.39. The number of nitrogens with zero attached hydrogens (tertiary/aromatic N) is 1. The first kappa shape index (κ1) is 20.1. The molecule has 0 spiro atoms. The summed E-state index contributed by atoms with van der Waals surface area (Å²) >= 11 is 0. The maximum absolute atomic E-state index is 8.87. The molecule has 0 N–H and O–H groups in total. The minimum atomic E-state index is 0. The van der Waals surface area contributed by atoms with E-state index in [0.717, 1.165) is 17.8 Å². The summed E-state index contributed by atoms with van der Waals surface area (Å²) in [5.74, 6) is 3.67. The van der Waals surface area contributed by atoms with Crippen LogP contribution in [-0.4, -0.2) is 0 Å². The van der Waals surface area contributed by atoms with Gasteiger partial charge in [0, 0.05) is 0 Å². The van der Waals surface area contributed by atoms with Gasteiger partial charge in [0.1, 0.15) is 0 Å². The van der Waals surface area contributed by atoms with Crippen molar-refractivity contribution in [1.82, 2.24) is 0 Å². The predicted molar refractivity (Wildman–Crippen MR) is 95.0 cm³/mol. The van der Waals surface area contributed by atoms with Crippen molar-refractivity contribution in [2.24, 2.45) is 17.8 Å². The van der Waals surface area contributed by atoms with Gasteiger partial charge in [-0.2, -0.15) is 0 Å². The van der Waals surface area contributed by atoms with Crippen molar-refractivity contribution in [2.75, 3.05) is 0 Å². The number of nitriles is 1. The Morgan fingerprint density at radius 1 is 0.958 bits per heavy atom. The van der Waals surface area contributed by atoms with E-state index in [9.17, 15) is 0 Å². The summed E-state index contributed by atoms with van der Waals surface area (Å²) in [4.78, 5) is 0. The van der Waals surface area contributed by atoms with E-state index in [0.29, 0.717) is 11.5 Å². The molecule has 0 radical (unpaired) electrons. The Morgan fingerprint density at radius 3 is 2.04 bits per heavy atom. The van der Waals surface area contributed by atoms with Crippen LogP contribution in [0.1, 0.15) is 88.2 Å². The molecule has 0 saturated heterocycles. The van der Waals surface area contributed by atoms with E-state index in [4.69, 9.17) is 5.26 Å². The number of hydrogen-bond acceptors (Lipinski definition) is 1. The van der Waals surface area contributed by atoms with Gasteiger partial charge in [-0.3, -0.25) is 5.26 Å². The maximum atomic E-state index is 8.87. The summed E-state index contributed by atoms with van der Waals surface area (Å²) in [6.45, 7) is 2.41. The van der Waals surface area contributed by atoms with Gasteiger partial charge in [0.25, 0.3) is 0 Å². The van der Waals surface area contributed by atoms with Gasteiger partial charge in [0.15, 0.2) is 0 Å². The van der Waals surface area contributed by atoms with Crippen LogP contribution in [0, 0.1) is 35.2 Å². The Labute approximate surface area is 173 Å². The summed E-state index contributed by atoms with van der Waals surface area (Å²) in [6, 6.07) is 11.4. The molecule has 2 saturated carbocycles. The monoisotopic (exact) mass is 397 g/mol. The SMILES string of the molecule is CC1CCC(CCC2CCC(c3c[c-]c(C#N)cc3)CC2)CC1.[Y+3]. The van der Waals surface area contributed by atoms with Gasteiger partial charge in [0.2, 0.25) is 0 Å². The second kappa shape index (κ2) is 10.1. The second-order valence-corrected chi connectivity index (χ2v) is 8.07. The molecule has 24 heavy (non-hydrogen) atoms. The molecule has 1 aromatic carbocycles. The van der Waals surface area contributed by atoms with Crippen LogP contribution < -0.4 is 0 Å². The van der Waals surface area contributed by atoms with Crippen molar-refractivity contribution < 1.29 is 32.7 Å². The van der Waals surface area contributed by atoms with Crippen molar-refractivity contribution in [3.63, 3.8) is 0 Å². The molecule has 2 fully saturated rings. The standard InChI is InChI=1S/C22H30N.Y/c1-17-2-4-18(5-3-17)6-7-19-8-12-21(13-9-19)22-14-10-20(16-23)11-15-22;/h10,14-15,17-19,21H,2-9,12-13H2,1H3;/q-1;+3. The van der Waals surface area contributed by atoms with Gasteiger partial charge in [-0.15, -0.1) is 29.8 Å². The van der Waals surface area contributed by atoms with Crippen LogP contribution in [-0.2, 0) is 32.7 Å². The first-order valence-corrected chi connectivity index (χ1v) is 9.66. The van der Waals surface area contributed by atoms with Crippen LogP contribution in [0.4, 0.5) is 0 Å². The fourth-order valence-electron chi connectivity index (χ4n) is 4.63. The van der Waals surface area contributed by atoms with Gasteiger partial charge in [0.05, 0.1) is 0 Å². The summed E-state index contributed by atoms with van der Waals surface area (Å²) in [5, 5.41) is 8.87. The molecular weight excluding hydrogens is 367 g/mol. The largest absolute Gasteiger partial charge is 3.00 e. The Hall–Kier alpha value is -0.186. The quantitative estimate of drug-likeness (QED) is 0.552. The van der Waals surface area contributed by atoms with Crippen molar-refractivity contribution >= 4 is 0 Å². The maximum Gasteiger partial charge on any atom is 3.00 e. The van der Waals surface area contributed by atoms with Crippen molar-refractivity contribution in [3.8, 4) is 6.07 Å². The van der Waals surface area contributed by atoms with Crippen LogP contribution in [0.3, 0.4) is 0 Å². The fourth-order valence-corrected chi connectivity index (χ4v) is 4.63. The zero-order valence-electron chi connectivity index (χ0n) is 15.1. The summed E-state index contributed by atoms with van der Waals surface area (Å²) in [5.41, 5.74) is 2.05. The van der Waals surface area contributed by atoms with Crippen LogP contribution in [0.2, 0.25) is 0 Å². The summed E-state index contributed by atoms with van der Waals surface area (Å²) in [6.07, 6.45) is 14.3. The van der Waals surface area contributed by atoms with Crippen molar-refractivity contribution in [3.05, 3.63) is 35.4 Å². The molecule has 0 aromatic heterocycles. The number of benzene rings is 1. The normalized spacial score (nSPS) is 30.2. The summed E-state index contributed by atoms with van der Waals surface area (Å²) in [7, 11) is 0. The Balaban J connectivity index is 0.00000208. The van der Waals surface area contributed by atoms with E-state index in [2.05, 4.69) is 25.1 Å². The average Bonchev–Trinajstić information content (AvgIpc) is 2.62. The van der Waals surface area contributed by atoms with E-state index >= 15 is 0 Å². The Bertz CT molecular complexity index is 514. The molecule has 1 nitrogen and oxygen atoms in total. The molecule has 0 bridgehead atoms. The zero-order chi connectivity index (χ0) is 16.1. The minimum Gasteiger partial charge on any atom is -0.262 e. The van der Waals surface area contributed by atoms with Gasteiger partial charge in [-0.25, -0.2) is 0 Å². The molecule has 3 rings (SSSR count). The van der Waals surface area contributed by atoms with Gasteiger partial charge >= 0.3 is 32.7 Å². The molecule has 2 heteroatoms. The molecule has 0 unspecified atom stereocenters. The smallest absolute Gasteiger partial charge is 0.262 e. The van der Waals surface area contributed by atoms with E-state index in [1.54, 1.807) is 0 Å². The third-order valence-corrected chi connectivity index (χ3v) is 6.39. The molecule has 1 aromatic rings. The predicted octanol–water partition coefficient (Wildman–Crippen LogP) is 6.24. The van der Waals surface area contributed by atoms with Crippen molar-refractivity contribution in [1.29, 1.82) is 5.26 Å². The molecule has 0 atom stereocenters. The first-order chi connectivity index (χ1) is 11.2. The first-order valence-electron chi connectivity index (χ1n) is 9.66. The minimum absolute atomic E-state index is 0. The molecular formula is C22H30NY+2. The van der Waals surface area contributed by atoms with Crippen LogP contribution in [0.5, 0.6) is 0 Å². The number of hydrogen-bond donors (Lipinski definition) is 0. The van der Waals surface area contributed by atoms with Crippen LogP contribution in [0.15, 0.2) is 18.2 Å². The molecule has 0 amide bonds. The molecule has 2 aliphatic carbocycles. The topological polar surface area (TPSA) is 23.8 Å². The van der Waals surface area contributed by atoms with Crippen LogP contribution in [0.25, 0.3) is 0 Å². The van der Waals surface area contributed by atoms with Gasteiger partial charge in [-0.1, -0.05) is 82.6 Å². The fraction of sp³-hybridized carbons (Fsp3) is 0.682. The molecule has 0 heterocycles. The molecule has 0 aliphatic heterocycles. The van der Waals surface area contributed by atoms with E-state index < -0.39 is 0 Å². The Morgan fingerprint density at radius 2 is 1.54 bits per heavy atom. The van der Waals surface area contributed by atoms with E-state index in [-0.39, 0.29) is 32.7 Å². The van der Waals surface area contributed by atoms with Crippen molar-refractivity contribution in [2.45, 2.75) is 77.0 Å². The van der Waals surface area contributed by atoms with Gasteiger partial charge < -0.3 is 0 Å². The zero-order valence-corrected chi connectivity index (χ0v) is 18.0. The molecule has 2 aliphatic rings. The molecule has 124 valence electrons.